The molecule has 1 aliphatic heterocycles. The van der Waals surface area contributed by atoms with Gasteiger partial charge in [0.05, 0.1) is 6.33 Å². The second-order valence-corrected chi connectivity index (χ2v) is 5.10. The lowest BCUT2D eigenvalue weighted by Crippen LogP contribution is -2.35. The first-order valence-corrected chi connectivity index (χ1v) is 6.78. The predicted molar refractivity (Wildman–Crippen MR) is 74.6 cm³/mol. The third kappa shape index (κ3) is 2.58. The summed E-state index contributed by atoms with van der Waals surface area (Å²) in [5.41, 5.74) is 2.20. The second-order valence-electron chi connectivity index (χ2n) is 5.10. The lowest BCUT2D eigenvalue weighted by atomic mass is 10.1. The summed E-state index contributed by atoms with van der Waals surface area (Å²) in [6.45, 7) is 1.56. The molecule has 1 aromatic heterocycles. The van der Waals surface area contributed by atoms with E-state index in [0.717, 1.165) is 30.6 Å². The number of carboxylic acids is 1. The van der Waals surface area contributed by atoms with Crippen molar-refractivity contribution >= 4 is 5.97 Å². The molecular formula is C15H17N3O2. The van der Waals surface area contributed by atoms with Crippen LogP contribution in [0.2, 0.25) is 0 Å². The average Bonchev–Trinajstić information content (AvgIpc) is 3.10. The molecule has 0 bridgehead atoms. The molecule has 1 N–H and O–H groups in total. The normalized spacial score (nSPS) is 19.3. The first-order chi connectivity index (χ1) is 9.74. The monoisotopic (exact) mass is 271 g/mol. The molecule has 0 spiro atoms. The third-order valence-corrected chi connectivity index (χ3v) is 3.77. The van der Waals surface area contributed by atoms with Crippen LogP contribution in [0.3, 0.4) is 0 Å². The number of carboxylic acid groups (broad SMARTS) is 1. The Hall–Kier alpha value is -2.14. The zero-order chi connectivity index (χ0) is 13.9. The van der Waals surface area contributed by atoms with Crippen LogP contribution in [-0.4, -0.2) is 38.1 Å². The predicted octanol–water partition coefficient (Wildman–Crippen LogP) is 1.92. The Morgan fingerprint density at radius 1 is 1.35 bits per heavy atom. The van der Waals surface area contributed by atoms with Gasteiger partial charge in [-0.1, -0.05) is 12.1 Å². The SMILES string of the molecule is O=C(O)[C@@H]1CCCN1Cc1ccc(-n2ccnc2)cc1. The van der Waals surface area contributed by atoms with E-state index in [-0.39, 0.29) is 6.04 Å². The molecule has 0 unspecified atom stereocenters. The van der Waals surface area contributed by atoms with Crippen LogP contribution in [0.4, 0.5) is 0 Å². The van der Waals surface area contributed by atoms with Gasteiger partial charge in [-0.25, -0.2) is 4.98 Å². The summed E-state index contributed by atoms with van der Waals surface area (Å²) < 4.78 is 1.94. The molecule has 2 heterocycles. The van der Waals surface area contributed by atoms with E-state index in [0.29, 0.717) is 6.54 Å². The number of rotatable bonds is 4. The Morgan fingerprint density at radius 3 is 2.80 bits per heavy atom. The van der Waals surface area contributed by atoms with E-state index < -0.39 is 5.97 Å². The summed E-state index contributed by atoms with van der Waals surface area (Å²) in [6, 6.07) is 7.83. The Labute approximate surface area is 117 Å². The van der Waals surface area contributed by atoms with E-state index in [1.165, 1.54) is 0 Å². The average molecular weight is 271 g/mol. The largest absolute Gasteiger partial charge is 0.480 e. The smallest absolute Gasteiger partial charge is 0.320 e. The zero-order valence-corrected chi connectivity index (χ0v) is 11.1. The van der Waals surface area contributed by atoms with E-state index in [4.69, 9.17) is 0 Å². The van der Waals surface area contributed by atoms with Crippen LogP contribution in [0.25, 0.3) is 5.69 Å². The number of nitrogens with zero attached hydrogens (tertiary/aromatic N) is 3. The third-order valence-electron chi connectivity index (χ3n) is 3.77. The van der Waals surface area contributed by atoms with Crippen LogP contribution in [0.5, 0.6) is 0 Å². The Morgan fingerprint density at radius 2 is 2.15 bits per heavy atom. The van der Waals surface area contributed by atoms with Gasteiger partial charge in [-0.05, 0) is 37.1 Å². The second kappa shape index (κ2) is 5.46. The molecule has 1 saturated heterocycles. The van der Waals surface area contributed by atoms with E-state index in [1.807, 2.05) is 39.9 Å². The summed E-state index contributed by atoms with van der Waals surface area (Å²) in [7, 11) is 0. The first kappa shape index (κ1) is 12.9. The van der Waals surface area contributed by atoms with Crippen molar-refractivity contribution in [1.29, 1.82) is 0 Å². The molecule has 1 atom stereocenters. The quantitative estimate of drug-likeness (QED) is 0.923. The summed E-state index contributed by atoms with van der Waals surface area (Å²) in [6.07, 6.45) is 7.12. The van der Waals surface area contributed by atoms with Crippen molar-refractivity contribution in [2.45, 2.75) is 25.4 Å². The van der Waals surface area contributed by atoms with Gasteiger partial charge in [0.25, 0.3) is 0 Å². The Balaban J connectivity index is 1.71. The van der Waals surface area contributed by atoms with E-state index in [9.17, 15) is 9.90 Å². The van der Waals surface area contributed by atoms with Crippen molar-refractivity contribution in [2.24, 2.45) is 0 Å². The number of carbonyl (C=O) groups is 1. The zero-order valence-electron chi connectivity index (χ0n) is 11.1. The molecule has 0 aliphatic carbocycles. The van der Waals surface area contributed by atoms with Gasteiger partial charge in [0.1, 0.15) is 6.04 Å². The summed E-state index contributed by atoms with van der Waals surface area (Å²) in [5.74, 6) is -0.711. The molecule has 1 fully saturated rings. The fourth-order valence-electron chi connectivity index (χ4n) is 2.71. The summed E-state index contributed by atoms with van der Waals surface area (Å²) >= 11 is 0. The number of benzene rings is 1. The lowest BCUT2D eigenvalue weighted by Gasteiger charge is -2.21. The van der Waals surface area contributed by atoms with Gasteiger partial charge in [-0.2, -0.15) is 0 Å². The van der Waals surface area contributed by atoms with Gasteiger partial charge in [-0.15, -0.1) is 0 Å². The van der Waals surface area contributed by atoms with Gasteiger partial charge < -0.3 is 9.67 Å². The Bertz CT molecular complexity index is 578. The minimum absolute atomic E-state index is 0.330. The van der Waals surface area contributed by atoms with Crippen molar-refractivity contribution in [3.8, 4) is 5.69 Å². The van der Waals surface area contributed by atoms with E-state index in [1.54, 1.807) is 12.5 Å². The minimum Gasteiger partial charge on any atom is -0.480 e. The molecule has 1 aromatic carbocycles. The standard InChI is InChI=1S/C15H17N3O2/c19-15(20)14-2-1-8-17(14)10-12-3-5-13(6-4-12)18-9-7-16-11-18/h3-7,9,11,14H,1-2,8,10H2,(H,19,20)/t14-/m0/s1. The Kier molecular flexibility index (Phi) is 3.52. The molecule has 3 rings (SSSR count). The highest BCUT2D eigenvalue weighted by molar-refractivity contribution is 5.73. The maximum absolute atomic E-state index is 11.2. The molecule has 0 radical (unpaired) electrons. The van der Waals surface area contributed by atoms with Crippen LogP contribution in [0, 0.1) is 0 Å². The van der Waals surface area contributed by atoms with Crippen molar-refractivity contribution in [3.63, 3.8) is 0 Å². The molecule has 5 nitrogen and oxygen atoms in total. The maximum atomic E-state index is 11.2. The van der Waals surface area contributed by atoms with Crippen LogP contribution in [0.1, 0.15) is 18.4 Å². The highest BCUT2D eigenvalue weighted by Gasteiger charge is 2.30. The maximum Gasteiger partial charge on any atom is 0.320 e. The van der Waals surface area contributed by atoms with E-state index in [2.05, 4.69) is 4.98 Å². The molecular weight excluding hydrogens is 254 g/mol. The molecule has 104 valence electrons. The molecule has 1 aliphatic rings. The van der Waals surface area contributed by atoms with Crippen LogP contribution < -0.4 is 0 Å². The number of aliphatic carboxylic acids is 1. The molecule has 2 aromatic rings. The van der Waals surface area contributed by atoms with Crippen molar-refractivity contribution in [2.75, 3.05) is 6.54 Å². The first-order valence-electron chi connectivity index (χ1n) is 6.78. The van der Waals surface area contributed by atoms with Gasteiger partial charge in [-0.3, -0.25) is 9.69 Å². The minimum atomic E-state index is -0.711. The van der Waals surface area contributed by atoms with Crippen molar-refractivity contribution < 1.29 is 9.90 Å². The summed E-state index contributed by atoms with van der Waals surface area (Å²) in [5, 5.41) is 9.18. The number of aromatic nitrogens is 2. The molecule has 0 saturated carbocycles. The van der Waals surface area contributed by atoms with E-state index >= 15 is 0 Å². The van der Waals surface area contributed by atoms with Crippen LogP contribution in [0.15, 0.2) is 43.0 Å². The molecule has 5 heteroatoms. The van der Waals surface area contributed by atoms with Gasteiger partial charge in [0.2, 0.25) is 0 Å². The topological polar surface area (TPSA) is 58.4 Å². The number of hydrogen-bond acceptors (Lipinski definition) is 3. The number of imidazole rings is 1. The fraction of sp³-hybridized carbons (Fsp3) is 0.333. The van der Waals surface area contributed by atoms with Gasteiger partial charge >= 0.3 is 5.97 Å². The fourth-order valence-corrected chi connectivity index (χ4v) is 2.71. The van der Waals surface area contributed by atoms with Crippen LogP contribution >= 0.6 is 0 Å². The highest BCUT2D eigenvalue weighted by Crippen LogP contribution is 2.20. The van der Waals surface area contributed by atoms with Crippen molar-refractivity contribution in [3.05, 3.63) is 48.5 Å². The van der Waals surface area contributed by atoms with Gasteiger partial charge in [0.15, 0.2) is 0 Å². The number of likely N-dealkylation sites (tertiary alicyclic amines) is 1. The molecule has 20 heavy (non-hydrogen) atoms. The number of hydrogen-bond donors (Lipinski definition) is 1. The van der Waals surface area contributed by atoms with Crippen LogP contribution in [-0.2, 0) is 11.3 Å². The molecule has 0 amide bonds. The highest BCUT2D eigenvalue weighted by atomic mass is 16.4. The summed E-state index contributed by atoms with van der Waals surface area (Å²) in [4.78, 5) is 17.2. The lowest BCUT2D eigenvalue weighted by molar-refractivity contribution is -0.142. The van der Waals surface area contributed by atoms with Crippen molar-refractivity contribution in [1.82, 2.24) is 14.5 Å². The van der Waals surface area contributed by atoms with Gasteiger partial charge in [0, 0.05) is 24.6 Å².